The van der Waals surface area contributed by atoms with Crippen molar-refractivity contribution < 1.29 is 79.5 Å². The predicted molar refractivity (Wildman–Crippen MR) is 201 cm³/mol. The van der Waals surface area contributed by atoms with Gasteiger partial charge in [-0.1, -0.05) is 78.7 Å². The van der Waals surface area contributed by atoms with Gasteiger partial charge >= 0.3 is 41.7 Å². The third-order valence-corrected chi connectivity index (χ3v) is 5.73. The zero-order valence-electron chi connectivity index (χ0n) is 29.3. The maximum absolute atomic E-state index is 12.6. The molecule has 0 saturated heterocycles. The highest BCUT2D eigenvalue weighted by molar-refractivity contribution is 5.80. The number of carbonyl (C=O) groups excluding carboxylic acids is 3. The van der Waals surface area contributed by atoms with Crippen molar-refractivity contribution in [1.82, 2.24) is 28.7 Å². The van der Waals surface area contributed by atoms with Crippen LogP contribution in [0.4, 0.5) is 39.9 Å². The fourth-order valence-electron chi connectivity index (χ4n) is 2.35. The number of carbonyl (C=O) groups is 4. The number of aliphatic hydroxyl groups excluding tert-OH is 3. The number of ether oxygens (including phenoxy) is 1. The first-order chi connectivity index (χ1) is 24.2. The van der Waals surface area contributed by atoms with Crippen LogP contribution in [0.15, 0.2) is 56.2 Å². The van der Waals surface area contributed by atoms with E-state index < -0.39 is 68.0 Å². The topological polar surface area (TPSA) is 212 Å². The molecule has 0 atom stereocenters. The average molecular weight is 863 g/mol. The van der Waals surface area contributed by atoms with Crippen LogP contribution < -0.4 is 0 Å². The Morgan fingerprint density at radius 2 is 0.845 bits per heavy atom. The average Bonchev–Trinajstić information content (AvgIpc) is 3.92. The first kappa shape index (κ1) is 67.9. The fraction of sp³-hybridized carbons (Fsp3) is 0.629. The predicted octanol–water partition coefficient (Wildman–Crippen LogP) is 7.37. The SMILES string of the molecule is C.C.C.C.C.CC(C)C(=O)O.CC(C)C(=O)OCC(F)(F)C(F)(F)CO.CC(C)C(=O)n1ccnc1.O=C(n1ccnc1)n1ccnc1.OCC(F)(F)C(F)(F)CO. The van der Waals surface area contributed by atoms with E-state index in [1.165, 1.54) is 46.5 Å². The number of halogens is 8. The molecule has 0 aliphatic carbocycles. The summed E-state index contributed by atoms with van der Waals surface area (Å²) in [4.78, 5) is 54.3. The highest BCUT2D eigenvalue weighted by Gasteiger charge is 2.57. The van der Waals surface area contributed by atoms with E-state index in [4.69, 9.17) is 20.4 Å². The Balaban J connectivity index is -0.000000112. The number of alkyl halides is 8. The van der Waals surface area contributed by atoms with Gasteiger partial charge in [0.25, 0.3) is 0 Å². The van der Waals surface area contributed by atoms with Gasteiger partial charge in [-0.2, -0.15) is 35.1 Å². The van der Waals surface area contributed by atoms with Gasteiger partial charge in [-0.05, 0) is 0 Å². The van der Waals surface area contributed by atoms with E-state index in [-0.39, 0.29) is 60.9 Å². The number of imidazole rings is 3. The number of aliphatic carboxylic acids is 1. The first-order valence-corrected chi connectivity index (χ1v) is 15.0. The Kier molecular flexibility index (Phi) is 36.6. The van der Waals surface area contributed by atoms with Crippen molar-refractivity contribution in [3.63, 3.8) is 0 Å². The van der Waals surface area contributed by atoms with Crippen LogP contribution in [-0.4, -0.2) is 123 Å². The molecule has 342 valence electrons. The standard InChI is InChI=1S/C8H12F4O3.C7H6N4O.C7H10N2O.C4H6F4O2.C4H8O2.5CH4/c1-5(2)6(14)15-4-8(11,12)7(9,10)3-13;12-7(10-3-1-8-5-10)11-4-2-9-6-11;1-6(2)7(10)9-4-3-8-5-9;5-3(6,1-9)4(7,8)2-10;1-3(2)4(5)6;;;;;/h5,13H,3-4H2,1-2H3;1-6H;3-6H,1-2H3;9-10H,1-2H2;3H,1-2H3,(H,5,6);5*1H4. The minimum atomic E-state index is -4.59. The largest absolute Gasteiger partial charge is 0.481 e. The molecule has 0 fully saturated rings. The number of rotatable bonds is 10. The molecule has 0 aromatic carbocycles. The van der Waals surface area contributed by atoms with Crippen molar-refractivity contribution in [2.45, 2.75) is 102 Å². The molecule has 0 bridgehead atoms. The Morgan fingerprint density at radius 3 is 1.07 bits per heavy atom. The molecule has 4 N–H and O–H groups in total. The zero-order valence-corrected chi connectivity index (χ0v) is 29.3. The molecule has 0 unspecified atom stereocenters. The van der Waals surface area contributed by atoms with Gasteiger partial charge in [0, 0.05) is 43.1 Å². The van der Waals surface area contributed by atoms with E-state index >= 15 is 0 Å². The Labute approximate surface area is 334 Å². The first-order valence-electron chi connectivity index (χ1n) is 15.0. The van der Waals surface area contributed by atoms with Crippen molar-refractivity contribution in [3.05, 3.63) is 56.2 Å². The van der Waals surface area contributed by atoms with Crippen LogP contribution in [0.2, 0.25) is 0 Å². The van der Waals surface area contributed by atoms with Gasteiger partial charge in [-0.15, -0.1) is 0 Å². The number of esters is 1. The van der Waals surface area contributed by atoms with Gasteiger partial charge < -0.3 is 25.2 Å². The van der Waals surface area contributed by atoms with Crippen LogP contribution in [0.5, 0.6) is 0 Å². The fourth-order valence-corrected chi connectivity index (χ4v) is 2.35. The highest BCUT2D eigenvalue weighted by atomic mass is 19.3. The monoisotopic (exact) mass is 862 g/mol. The van der Waals surface area contributed by atoms with Gasteiger partial charge in [0.05, 0.1) is 11.8 Å². The second kappa shape index (κ2) is 31.3. The molecule has 3 aromatic heterocycles. The van der Waals surface area contributed by atoms with E-state index in [0.717, 1.165) is 0 Å². The van der Waals surface area contributed by atoms with Crippen LogP contribution in [0.3, 0.4) is 0 Å². The van der Waals surface area contributed by atoms with E-state index in [2.05, 4.69) is 19.7 Å². The normalized spacial score (nSPS) is 10.6. The molecule has 15 nitrogen and oxygen atoms in total. The van der Waals surface area contributed by atoms with Crippen LogP contribution >= 0.6 is 0 Å². The van der Waals surface area contributed by atoms with Gasteiger partial charge in [0.1, 0.15) is 38.8 Å². The lowest BCUT2D eigenvalue weighted by Crippen LogP contribution is -2.47. The molecule has 0 aliphatic heterocycles. The molecule has 0 aliphatic rings. The quantitative estimate of drug-likeness (QED) is 0.116. The summed E-state index contributed by atoms with van der Waals surface area (Å²) in [7, 11) is 0. The van der Waals surface area contributed by atoms with Crippen LogP contribution in [0.25, 0.3) is 0 Å². The maximum atomic E-state index is 12.6. The van der Waals surface area contributed by atoms with E-state index in [9.17, 15) is 54.3 Å². The molecule has 3 heterocycles. The molecule has 0 amide bonds. The van der Waals surface area contributed by atoms with Crippen molar-refractivity contribution in [2.75, 3.05) is 26.4 Å². The number of carboxylic acids is 1. The minimum Gasteiger partial charge on any atom is -0.481 e. The molecule has 3 aromatic rings. The summed E-state index contributed by atoms with van der Waals surface area (Å²) in [5.41, 5.74) is 0. The number of hydrogen-bond donors (Lipinski definition) is 4. The molecule has 3 rings (SSSR count). The summed E-state index contributed by atoms with van der Waals surface area (Å²) in [5, 5.41) is 31.5. The highest BCUT2D eigenvalue weighted by Crippen LogP contribution is 2.34. The van der Waals surface area contributed by atoms with E-state index in [0.29, 0.717) is 0 Å². The van der Waals surface area contributed by atoms with Gasteiger partial charge in [-0.3, -0.25) is 28.1 Å². The summed E-state index contributed by atoms with van der Waals surface area (Å²) < 4.78 is 105. The maximum Gasteiger partial charge on any atom is 0.345 e. The lowest BCUT2D eigenvalue weighted by atomic mass is 10.2. The second-order valence-corrected chi connectivity index (χ2v) is 11.2. The number of carboxylic acid groups (broad SMARTS) is 1. The smallest absolute Gasteiger partial charge is 0.345 e. The molecule has 0 spiro atoms. The van der Waals surface area contributed by atoms with Gasteiger partial charge in [0.2, 0.25) is 5.91 Å². The summed E-state index contributed by atoms with van der Waals surface area (Å²) in [6.07, 6.45) is 13.9. The van der Waals surface area contributed by atoms with Gasteiger partial charge in [-0.25, -0.2) is 19.7 Å². The third-order valence-electron chi connectivity index (χ3n) is 5.73. The van der Waals surface area contributed by atoms with Crippen LogP contribution in [0.1, 0.15) is 83.5 Å². The Morgan fingerprint density at radius 1 is 0.552 bits per heavy atom. The summed E-state index contributed by atoms with van der Waals surface area (Å²) in [6.45, 7) is 2.09. The van der Waals surface area contributed by atoms with Crippen LogP contribution in [-0.2, 0) is 14.3 Å². The summed E-state index contributed by atoms with van der Waals surface area (Å²) in [6, 6.07) is -0.190. The van der Waals surface area contributed by atoms with Crippen molar-refractivity contribution in [1.29, 1.82) is 0 Å². The number of hydrogen-bond acceptors (Lipinski definition) is 11. The lowest BCUT2D eigenvalue weighted by molar-refractivity contribution is -0.244. The number of aliphatic hydroxyl groups is 3. The summed E-state index contributed by atoms with van der Waals surface area (Å²) >= 11 is 0. The lowest BCUT2D eigenvalue weighted by Gasteiger charge is -2.24. The number of nitrogens with zero attached hydrogens (tertiary/aromatic N) is 6. The molecule has 23 heteroatoms. The molecule has 0 saturated carbocycles. The second-order valence-electron chi connectivity index (χ2n) is 11.2. The van der Waals surface area contributed by atoms with E-state index in [1.807, 2.05) is 13.8 Å². The van der Waals surface area contributed by atoms with Crippen LogP contribution in [0, 0.1) is 17.8 Å². The Bertz CT molecular complexity index is 1420. The molecule has 58 heavy (non-hydrogen) atoms. The van der Waals surface area contributed by atoms with Gasteiger partial charge in [0.15, 0.2) is 6.61 Å². The summed E-state index contributed by atoms with van der Waals surface area (Å²) in [5.74, 6) is -20.8. The Hall–Kier alpha value is -4.77. The van der Waals surface area contributed by atoms with E-state index in [1.54, 1.807) is 51.0 Å². The molecule has 0 radical (unpaired) electrons. The molecular formula is C35H62F8N6O9. The van der Waals surface area contributed by atoms with Crippen molar-refractivity contribution in [3.8, 4) is 0 Å². The van der Waals surface area contributed by atoms with Crippen molar-refractivity contribution in [2.24, 2.45) is 17.8 Å². The third kappa shape index (κ3) is 24.1. The van der Waals surface area contributed by atoms with Crippen molar-refractivity contribution >= 4 is 23.9 Å². The number of aromatic nitrogens is 6. The zero-order chi connectivity index (χ0) is 41.8. The molecular weight excluding hydrogens is 800 g/mol. The minimum absolute atomic E-state index is 0.